The van der Waals surface area contributed by atoms with E-state index in [4.69, 9.17) is 14.2 Å². The summed E-state index contributed by atoms with van der Waals surface area (Å²) in [7, 11) is 0. The van der Waals surface area contributed by atoms with E-state index in [1.165, 1.54) is 0 Å². The first-order valence-electron chi connectivity index (χ1n) is 6.96. The summed E-state index contributed by atoms with van der Waals surface area (Å²) in [6, 6.07) is -0.286. The fourth-order valence-electron chi connectivity index (χ4n) is 2.59. The van der Waals surface area contributed by atoms with Gasteiger partial charge < -0.3 is 14.2 Å². The number of hydrogen-bond acceptors (Lipinski definition) is 5. The SMILES string of the molecule is CC(C)(C)OC(=O)N1C(C2CCC(=O)O2)COC1(C)C. The van der Waals surface area contributed by atoms with Gasteiger partial charge in [-0.25, -0.2) is 4.79 Å². The van der Waals surface area contributed by atoms with E-state index in [9.17, 15) is 9.59 Å². The van der Waals surface area contributed by atoms with E-state index in [1.54, 1.807) is 4.90 Å². The Morgan fingerprint density at radius 2 is 2.05 bits per heavy atom. The topological polar surface area (TPSA) is 65.1 Å². The lowest BCUT2D eigenvalue weighted by Crippen LogP contribution is -2.53. The number of nitrogens with zero attached hydrogens (tertiary/aromatic N) is 1. The maximum atomic E-state index is 12.4. The quantitative estimate of drug-likeness (QED) is 0.690. The van der Waals surface area contributed by atoms with Crippen molar-refractivity contribution in [2.75, 3.05) is 6.61 Å². The molecule has 0 aromatic heterocycles. The molecule has 2 rings (SSSR count). The lowest BCUT2D eigenvalue weighted by molar-refractivity contribution is -0.143. The molecule has 0 bridgehead atoms. The fraction of sp³-hybridized carbons (Fsp3) is 0.857. The summed E-state index contributed by atoms with van der Waals surface area (Å²) in [5.41, 5.74) is -1.34. The Kier molecular flexibility index (Phi) is 3.71. The number of cyclic esters (lactones) is 1. The highest BCUT2D eigenvalue weighted by atomic mass is 16.6. The summed E-state index contributed by atoms with van der Waals surface area (Å²) in [5, 5.41) is 0. The van der Waals surface area contributed by atoms with Crippen molar-refractivity contribution in [1.29, 1.82) is 0 Å². The van der Waals surface area contributed by atoms with Gasteiger partial charge in [0.05, 0.1) is 12.6 Å². The molecular formula is C14H23NO5. The van der Waals surface area contributed by atoms with Crippen LogP contribution < -0.4 is 0 Å². The largest absolute Gasteiger partial charge is 0.460 e. The standard InChI is InChI=1S/C14H23NO5/c1-13(2,3)20-12(17)15-9(8-18-14(15,4)5)10-6-7-11(16)19-10/h9-10H,6-8H2,1-5H3. The van der Waals surface area contributed by atoms with Crippen LogP contribution in [0.3, 0.4) is 0 Å². The molecule has 2 aliphatic rings. The Hall–Kier alpha value is -1.30. The Bertz CT molecular complexity index is 412. The lowest BCUT2D eigenvalue weighted by Gasteiger charge is -2.36. The molecule has 0 spiro atoms. The first-order valence-corrected chi connectivity index (χ1v) is 6.96. The van der Waals surface area contributed by atoms with Crippen molar-refractivity contribution in [1.82, 2.24) is 4.90 Å². The third-order valence-electron chi connectivity index (χ3n) is 3.45. The Labute approximate surface area is 119 Å². The predicted molar refractivity (Wildman–Crippen MR) is 71.0 cm³/mol. The second-order valence-electron chi connectivity index (χ2n) is 6.74. The average Bonchev–Trinajstić information content (AvgIpc) is 2.79. The van der Waals surface area contributed by atoms with Crippen LogP contribution in [0.4, 0.5) is 4.79 Å². The van der Waals surface area contributed by atoms with Gasteiger partial charge in [-0.05, 0) is 41.0 Å². The van der Waals surface area contributed by atoms with E-state index in [1.807, 2.05) is 34.6 Å². The number of amides is 1. The van der Waals surface area contributed by atoms with Gasteiger partial charge in [0.1, 0.15) is 17.4 Å². The molecule has 0 aromatic rings. The van der Waals surface area contributed by atoms with E-state index in [0.29, 0.717) is 19.4 Å². The van der Waals surface area contributed by atoms with Crippen molar-refractivity contribution < 1.29 is 23.8 Å². The maximum Gasteiger partial charge on any atom is 0.413 e. The van der Waals surface area contributed by atoms with Crippen LogP contribution in [0, 0.1) is 0 Å². The molecule has 0 aliphatic carbocycles. The van der Waals surface area contributed by atoms with E-state index < -0.39 is 17.4 Å². The Morgan fingerprint density at radius 3 is 2.55 bits per heavy atom. The van der Waals surface area contributed by atoms with Gasteiger partial charge >= 0.3 is 12.1 Å². The summed E-state index contributed by atoms with van der Waals surface area (Å²) in [5.74, 6) is -0.219. The minimum Gasteiger partial charge on any atom is -0.460 e. The average molecular weight is 285 g/mol. The monoisotopic (exact) mass is 285 g/mol. The van der Waals surface area contributed by atoms with Crippen molar-refractivity contribution in [2.45, 2.75) is 70.9 Å². The molecule has 0 saturated carbocycles. The molecule has 0 radical (unpaired) electrons. The molecule has 2 unspecified atom stereocenters. The summed E-state index contributed by atoms with van der Waals surface area (Å²) in [4.78, 5) is 25.2. The number of rotatable bonds is 1. The Morgan fingerprint density at radius 1 is 1.40 bits per heavy atom. The Balaban J connectivity index is 2.16. The zero-order valence-electron chi connectivity index (χ0n) is 12.8. The molecule has 6 heteroatoms. The van der Waals surface area contributed by atoms with Crippen molar-refractivity contribution in [3.05, 3.63) is 0 Å². The second kappa shape index (κ2) is 4.91. The van der Waals surface area contributed by atoms with Gasteiger partial charge in [0, 0.05) is 6.42 Å². The van der Waals surface area contributed by atoms with E-state index in [2.05, 4.69) is 0 Å². The first-order chi connectivity index (χ1) is 9.10. The van der Waals surface area contributed by atoms with Gasteiger partial charge in [0.25, 0.3) is 0 Å². The smallest absolute Gasteiger partial charge is 0.413 e. The van der Waals surface area contributed by atoms with Gasteiger partial charge in [-0.3, -0.25) is 9.69 Å². The van der Waals surface area contributed by atoms with Crippen LogP contribution in [0.1, 0.15) is 47.5 Å². The van der Waals surface area contributed by atoms with Crippen LogP contribution in [0.25, 0.3) is 0 Å². The van der Waals surface area contributed by atoms with Gasteiger partial charge in [0.15, 0.2) is 0 Å². The van der Waals surface area contributed by atoms with Gasteiger partial charge in [0.2, 0.25) is 0 Å². The molecule has 0 N–H and O–H groups in total. The molecule has 1 amide bonds. The van der Waals surface area contributed by atoms with Crippen LogP contribution in [-0.4, -0.2) is 47.0 Å². The van der Waals surface area contributed by atoms with Gasteiger partial charge in [-0.2, -0.15) is 0 Å². The molecule has 2 heterocycles. The van der Waals surface area contributed by atoms with Crippen LogP contribution in [0.5, 0.6) is 0 Å². The summed E-state index contributed by atoms with van der Waals surface area (Å²) in [6.45, 7) is 9.43. The molecule has 6 nitrogen and oxygen atoms in total. The summed E-state index contributed by atoms with van der Waals surface area (Å²) < 4.78 is 16.4. The van der Waals surface area contributed by atoms with Crippen molar-refractivity contribution in [3.8, 4) is 0 Å². The molecule has 20 heavy (non-hydrogen) atoms. The minimum atomic E-state index is -0.762. The molecule has 2 aliphatic heterocycles. The van der Waals surface area contributed by atoms with Crippen molar-refractivity contribution in [3.63, 3.8) is 0 Å². The maximum absolute atomic E-state index is 12.4. The van der Waals surface area contributed by atoms with E-state index >= 15 is 0 Å². The normalized spacial score (nSPS) is 29.4. The third kappa shape index (κ3) is 3.06. The number of carbonyl (C=O) groups excluding carboxylic acids is 2. The number of hydrogen-bond donors (Lipinski definition) is 0. The molecule has 114 valence electrons. The highest BCUT2D eigenvalue weighted by Gasteiger charge is 2.50. The number of carbonyl (C=O) groups is 2. The van der Waals surface area contributed by atoms with E-state index in [-0.39, 0.29) is 18.1 Å². The zero-order valence-corrected chi connectivity index (χ0v) is 12.8. The molecule has 2 fully saturated rings. The highest BCUT2D eigenvalue weighted by molar-refractivity contribution is 5.73. The molecule has 0 aromatic carbocycles. The predicted octanol–water partition coefficient (Wildman–Crippen LogP) is 2.06. The molecule has 2 saturated heterocycles. The van der Waals surface area contributed by atoms with Gasteiger partial charge in [-0.1, -0.05) is 0 Å². The van der Waals surface area contributed by atoms with Crippen molar-refractivity contribution >= 4 is 12.1 Å². The van der Waals surface area contributed by atoms with Crippen LogP contribution in [-0.2, 0) is 19.0 Å². The summed E-state index contributed by atoms with van der Waals surface area (Å²) in [6.07, 6.45) is 0.260. The summed E-state index contributed by atoms with van der Waals surface area (Å²) >= 11 is 0. The van der Waals surface area contributed by atoms with E-state index in [0.717, 1.165) is 0 Å². The first kappa shape index (κ1) is 15.1. The second-order valence-corrected chi connectivity index (χ2v) is 6.74. The lowest BCUT2D eigenvalue weighted by atomic mass is 10.1. The van der Waals surface area contributed by atoms with Crippen molar-refractivity contribution in [2.24, 2.45) is 0 Å². The van der Waals surface area contributed by atoms with Crippen LogP contribution in [0.2, 0.25) is 0 Å². The zero-order chi connectivity index (χ0) is 15.1. The number of esters is 1. The number of ether oxygens (including phenoxy) is 3. The minimum absolute atomic E-state index is 0.219. The van der Waals surface area contributed by atoms with Gasteiger partial charge in [-0.15, -0.1) is 0 Å². The highest BCUT2D eigenvalue weighted by Crippen LogP contribution is 2.34. The third-order valence-corrected chi connectivity index (χ3v) is 3.45. The van der Waals surface area contributed by atoms with Crippen LogP contribution >= 0.6 is 0 Å². The van der Waals surface area contributed by atoms with Crippen LogP contribution in [0.15, 0.2) is 0 Å². The fourth-order valence-corrected chi connectivity index (χ4v) is 2.59. The molecular weight excluding hydrogens is 262 g/mol. The molecule has 2 atom stereocenters.